The first-order valence-corrected chi connectivity index (χ1v) is 8.65. The first-order valence-electron chi connectivity index (χ1n) is 8.65. The van der Waals surface area contributed by atoms with Gasteiger partial charge in [-0.1, -0.05) is 0 Å². The van der Waals surface area contributed by atoms with Crippen LogP contribution in [-0.4, -0.2) is 99.5 Å². The van der Waals surface area contributed by atoms with Gasteiger partial charge in [0, 0.05) is 6.54 Å². The molecule has 0 rings (SSSR count). The van der Waals surface area contributed by atoms with Crippen LogP contribution in [-0.2, 0) is 19.1 Å². The fraction of sp³-hybridized carbons (Fsp3) is 0.889. The maximum absolute atomic E-state index is 12.4. The molecule has 0 saturated heterocycles. The number of aliphatic hydroxyl groups excluding tert-OH is 1. The zero-order valence-corrected chi connectivity index (χ0v) is 17.2. The van der Waals surface area contributed by atoms with Crippen LogP contribution in [0.15, 0.2) is 0 Å². The van der Waals surface area contributed by atoms with E-state index in [0.717, 1.165) is 17.6 Å². The summed E-state index contributed by atoms with van der Waals surface area (Å²) in [7, 11) is 8.21. The first kappa shape index (κ1) is 24.0. The third-order valence-electron chi connectivity index (χ3n) is 4.52. The lowest BCUT2D eigenvalue weighted by atomic mass is 9.92. The third kappa shape index (κ3) is 8.76. The van der Waals surface area contributed by atoms with E-state index in [1.165, 1.54) is 6.92 Å². The average molecular weight is 362 g/mol. The summed E-state index contributed by atoms with van der Waals surface area (Å²) < 4.78 is 11.7. The van der Waals surface area contributed by atoms with Gasteiger partial charge in [0.25, 0.3) is 0 Å². The van der Waals surface area contributed by atoms with E-state index in [1.54, 1.807) is 20.8 Å². The summed E-state index contributed by atoms with van der Waals surface area (Å²) in [4.78, 5) is 26.0. The lowest BCUT2D eigenvalue weighted by molar-refractivity contribution is -0.889. The van der Waals surface area contributed by atoms with Gasteiger partial charge in [-0.15, -0.1) is 0 Å². The molecule has 0 aliphatic rings. The van der Waals surface area contributed by atoms with E-state index in [-0.39, 0.29) is 19.0 Å². The Kier molecular flexibility index (Phi) is 9.22. The van der Waals surface area contributed by atoms with E-state index in [1.807, 2.05) is 14.1 Å². The number of carbonyl (C=O) groups excluding carboxylic acids is 2. The number of ketones is 1. The molecule has 0 aromatic rings. The number of quaternary nitrogens is 1. The Balaban J connectivity index is 4.56. The van der Waals surface area contributed by atoms with Crippen molar-refractivity contribution in [2.75, 3.05) is 67.6 Å². The number of rotatable bonds is 12. The molecule has 0 radical (unpaired) electrons. The number of esters is 1. The summed E-state index contributed by atoms with van der Waals surface area (Å²) in [5.74, 6) is -0.650. The van der Waals surface area contributed by atoms with E-state index >= 15 is 0 Å². The molecule has 25 heavy (non-hydrogen) atoms. The van der Waals surface area contributed by atoms with Crippen molar-refractivity contribution in [2.24, 2.45) is 5.41 Å². The highest BCUT2D eigenvalue weighted by molar-refractivity contribution is 5.84. The van der Waals surface area contributed by atoms with Gasteiger partial charge in [0.05, 0.1) is 33.9 Å². The molecule has 0 saturated carbocycles. The lowest BCUT2D eigenvalue weighted by Crippen LogP contribution is -2.47. The van der Waals surface area contributed by atoms with Crippen LogP contribution in [0.2, 0.25) is 0 Å². The van der Waals surface area contributed by atoms with Gasteiger partial charge in [0.1, 0.15) is 24.2 Å². The van der Waals surface area contributed by atoms with Crippen molar-refractivity contribution >= 4 is 11.8 Å². The zero-order valence-electron chi connectivity index (χ0n) is 17.2. The molecule has 1 N–H and O–H groups in total. The molecule has 1 atom stereocenters. The minimum atomic E-state index is -1.19. The maximum Gasteiger partial charge on any atom is 0.316 e. The molecule has 7 heteroatoms. The Morgan fingerprint density at radius 2 is 1.68 bits per heavy atom. The highest BCUT2D eigenvalue weighted by Gasteiger charge is 2.38. The van der Waals surface area contributed by atoms with Gasteiger partial charge in [-0.25, -0.2) is 0 Å². The minimum absolute atomic E-state index is 0.0756. The Labute approximate surface area is 152 Å². The van der Waals surface area contributed by atoms with Crippen LogP contribution in [0.3, 0.4) is 0 Å². The largest absolute Gasteiger partial charge is 0.459 e. The fourth-order valence-corrected chi connectivity index (χ4v) is 1.75. The Hall–Kier alpha value is -1.02. The van der Waals surface area contributed by atoms with Crippen LogP contribution in [0.25, 0.3) is 0 Å². The van der Waals surface area contributed by atoms with Crippen molar-refractivity contribution < 1.29 is 28.7 Å². The van der Waals surface area contributed by atoms with E-state index in [4.69, 9.17) is 9.47 Å². The SMILES string of the molecule is CC(=O)C(C)(C)OCC(C)(CO)C(=O)OCC[N+](C)(C)CCN(C)C. The standard InChI is InChI=1S/C18H37N2O5/c1-15(22)17(2,3)25-14-18(4,13-21)16(23)24-12-11-20(7,8)10-9-19(5)6/h21H,9-14H2,1-8H3/q+1. The summed E-state index contributed by atoms with van der Waals surface area (Å²) in [5.41, 5.74) is -2.19. The molecule has 148 valence electrons. The highest BCUT2D eigenvalue weighted by atomic mass is 16.5. The number of ether oxygens (including phenoxy) is 2. The second-order valence-electron chi connectivity index (χ2n) is 8.40. The molecular weight excluding hydrogens is 324 g/mol. The third-order valence-corrected chi connectivity index (χ3v) is 4.52. The monoisotopic (exact) mass is 361 g/mol. The molecule has 0 fully saturated rings. The highest BCUT2D eigenvalue weighted by Crippen LogP contribution is 2.22. The van der Waals surface area contributed by atoms with Crippen molar-refractivity contribution in [3.05, 3.63) is 0 Å². The van der Waals surface area contributed by atoms with Crippen LogP contribution >= 0.6 is 0 Å². The Morgan fingerprint density at radius 3 is 2.12 bits per heavy atom. The number of carbonyl (C=O) groups is 2. The summed E-state index contributed by atoms with van der Waals surface area (Å²) >= 11 is 0. The molecule has 1 unspecified atom stereocenters. The molecule has 0 aliphatic heterocycles. The Bertz CT molecular complexity index is 449. The molecule has 0 aliphatic carbocycles. The van der Waals surface area contributed by atoms with Crippen LogP contribution < -0.4 is 0 Å². The van der Waals surface area contributed by atoms with Gasteiger partial charge in [-0.2, -0.15) is 0 Å². The van der Waals surface area contributed by atoms with Gasteiger partial charge < -0.3 is 24.0 Å². The van der Waals surface area contributed by atoms with Crippen molar-refractivity contribution in [1.29, 1.82) is 0 Å². The summed E-state index contributed by atoms with van der Waals surface area (Å²) in [6.07, 6.45) is 0. The molecular formula is C18H37N2O5+. The average Bonchev–Trinajstić information content (AvgIpc) is 2.50. The normalized spacial score (nSPS) is 15.1. The van der Waals surface area contributed by atoms with Gasteiger partial charge >= 0.3 is 5.97 Å². The summed E-state index contributed by atoms with van der Waals surface area (Å²) in [5, 5.41) is 9.62. The number of hydrogen-bond donors (Lipinski definition) is 1. The summed E-state index contributed by atoms with van der Waals surface area (Å²) in [6.45, 7) is 8.66. The van der Waals surface area contributed by atoms with Crippen LogP contribution in [0.1, 0.15) is 27.7 Å². The van der Waals surface area contributed by atoms with Gasteiger partial charge in [0.2, 0.25) is 0 Å². The predicted molar refractivity (Wildman–Crippen MR) is 97.3 cm³/mol. The number of likely N-dealkylation sites (N-methyl/N-ethyl adjacent to an activating group) is 2. The summed E-state index contributed by atoms with van der Waals surface area (Å²) in [6, 6.07) is 0. The topological polar surface area (TPSA) is 76.1 Å². The number of hydrogen-bond acceptors (Lipinski definition) is 6. The minimum Gasteiger partial charge on any atom is -0.459 e. The number of nitrogens with zero attached hydrogens (tertiary/aromatic N) is 2. The Morgan fingerprint density at radius 1 is 1.12 bits per heavy atom. The van der Waals surface area contributed by atoms with Crippen molar-refractivity contribution in [2.45, 2.75) is 33.3 Å². The van der Waals surface area contributed by atoms with Crippen molar-refractivity contribution in [1.82, 2.24) is 4.90 Å². The molecule has 0 aromatic heterocycles. The second kappa shape index (κ2) is 9.62. The predicted octanol–water partition coefficient (Wildman–Crippen LogP) is 0.550. The molecule has 7 nitrogen and oxygen atoms in total. The van der Waals surface area contributed by atoms with Crippen LogP contribution in [0, 0.1) is 5.41 Å². The number of Topliss-reactive ketones (excluding diaryl/α,β-unsaturated/α-hetero) is 1. The number of aliphatic hydroxyl groups is 1. The smallest absolute Gasteiger partial charge is 0.316 e. The molecule has 0 heterocycles. The first-order chi connectivity index (χ1) is 11.3. The second-order valence-corrected chi connectivity index (χ2v) is 8.40. The zero-order chi connectivity index (χ0) is 19.9. The molecule has 0 bridgehead atoms. The maximum atomic E-state index is 12.4. The van der Waals surface area contributed by atoms with Gasteiger partial charge in [-0.3, -0.25) is 9.59 Å². The van der Waals surface area contributed by atoms with E-state index in [9.17, 15) is 14.7 Å². The fourth-order valence-electron chi connectivity index (χ4n) is 1.75. The van der Waals surface area contributed by atoms with E-state index in [0.29, 0.717) is 6.54 Å². The lowest BCUT2D eigenvalue weighted by Gasteiger charge is -2.32. The van der Waals surface area contributed by atoms with Crippen molar-refractivity contribution in [3.63, 3.8) is 0 Å². The van der Waals surface area contributed by atoms with E-state index in [2.05, 4.69) is 19.0 Å². The van der Waals surface area contributed by atoms with Gasteiger partial charge in [-0.05, 0) is 41.8 Å². The van der Waals surface area contributed by atoms with Crippen molar-refractivity contribution in [3.8, 4) is 0 Å². The van der Waals surface area contributed by atoms with E-state index < -0.39 is 23.6 Å². The van der Waals surface area contributed by atoms with Crippen LogP contribution in [0.5, 0.6) is 0 Å². The molecule has 0 aromatic carbocycles. The van der Waals surface area contributed by atoms with Crippen LogP contribution in [0.4, 0.5) is 0 Å². The van der Waals surface area contributed by atoms with Gasteiger partial charge in [0.15, 0.2) is 5.78 Å². The molecule has 0 amide bonds. The molecule has 0 spiro atoms. The quantitative estimate of drug-likeness (QED) is 0.404.